The molecule has 1 fully saturated rings. The summed E-state index contributed by atoms with van der Waals surface area (Å²) in [6, 6.07) is 16.6. The highest BCUT2D eigenvalue weighted by Crippen LogP contribution is 2.47. The fourth-order valence-corrected chi connectivity index (χ4v) is 8.68. The zero-order valence-electron chi connectivity index (χ0n) is 29.7. The standard InChI is InChI=1S/C40H39FN6O5S/c1-4-51-39(48)34-33(31-21-23-18-20-43-37(36(23)53-31)45-27-17-15-26-25(27)7-5-9-30(26)49-2)32(38-46-40(50-3)47-52-38)28(44-35(34)29-8-6-19-42-29)16-12-22-10-13-24(41)14-11-22/h5,7,9-11,13-14,18,20-21,27,29,42H,4,6,8,12,15-17,19H2,1-3H3,(H,43,45)/t27?,29-/m0/s1. The maximum atomic E-state index is 14.2. The highest BCUT2D eigenvalue weighted by molar-refractivity contribution is 7.23. The predicted molar refractivity (Wildman–Crippen MR) is 200 cm³/mol. The second-order valence-corrected chi connectivity index (χ2v) is 14.2. The van der Waals surface area contributed by atoms with Crippen LogP contribution >= 0.6 is 11.3 Å². The second kappa shape index (κ2) is 14.9. The average Bonchev–Trinajstić information content (AvgIpc) is 4.01. The van der Waals surface area contributed by atoms with Crippen LogP contribution in [0.3, 0.4) is 0 Å². The van der Waals surface area contributed by atoms with Crippen molar-refractivity contribution in [2.75, 3.05) is 32.7 Å². The summed E-state index contributed by atoms with van der Waals surface area (Å²) in [5, 5.41) is 12.3. The number of carbonyl (C=O) groups is 1. The second-order valence-electron chi connectivity index (χ2n) is 13.1. The lowest BCUT2D eigenvalue weighted by atomic mass is 9.91. The summed E-state index contributed by atoms with van der Waals surface area (Å²) < 4.78 is 37.4. The van der Waals surface area contributed by atoms with E-state index in [0.29, 0.717) is 40.9 Å². The van der Waals surface area contributed by atoms with Gasteiger partial charge in [-0.15, -0.1) is 11.3 Å². The lowest BCUT2D eigenvalue weighted by Gasteiger charge is -2.22. The van der Waals surface area contributed by atoms with Gasteiger partial charge in [0, 0.05) is 16.6 Å². The minimum atomic E-state index is -0.484. The van der Waals surface area contributed by atoms with Crippen LogP contribution < -0.4 is 20.1 Å². The molecule has 53 heavy (non-hydrogen) atoms. The molecule has 13 heteroatoms. The molecule has 0 bridgehead atoms. The van der Waals surface area contributed by atoms with Gasteiger partial charge >= 0.3 is 12.0 Å². The van der Waals surface area contributed by atoms with E-state index in [4.69, 9.17) is 28.7 Å². The first kappa shape index (κ1) is 34.7. The van der Waals surface area contributed by atoms with Crippen LogP contribution in [-0.2, 0) is 24.0 Å². The molecule has 1 unspecified atom stereocenters. The van der Waals surface area contributed by atoms with E-state index in [1.807, 2.05) is 18.2 Å². The quantitative estimate of drug-likeness (QED) is 0.118. The summed E-state index contributed by atoms with van der Waals surface area (Å²) >= 11 is 1.53. The van der Waals surface area contributed by atoms with Crippen molar-refractivity contribution in [3.63, 3.8) is 0 Å². The molecule has 11 nitrogen and oxygen atoms in total. The summed E-state index contributed by atoms with van der Waals surface area (Å²) in [6.07, 6.45) is 6.36. The molecular weight excluding hydrogens is 696 g/mol. The molecule has 1 saturated heterocycles. The molecule has 2 aromatic carbocycles. The number of fused-ring (bicyclic) bond motifs is 2. The number of carbonyl (C=O) groups excluding carboxylic acids is 1. The molecule has 5 heterocycles. The molecule has 272 valence electrons. The molecule has 1 aliphatic heterocycles. The summed E-state index contributed by atoms with van der Waals surface area (Å²) in [6.45, 7) is 2.78. The third kappa shape index (κ3) is 6.70. The van der Waals surface area contributed by atoms with E-state index >= 15 is 0 Å². The van der Waals surface area contributed by atoms with Gasteiger partial charge in [-0.1, -0.05) is 24.3 Å². The van der Waals surface area contributed by atoms with Crippen LogP contribution in [0.25, 0.3) is 32.0 Å². The highest BCUT2D eigenvalue weighted by atomic mass is 32.1. The van der Waals surface area contributed by atoms with Gasteiger partial charge in [-0.2, -0.15) is 4.98 Å². The number of ether oxygens (including phenoxy) is 3. The lowest BCUT2D eigenvalue weighted by Crippen LogP contribution is -2.22. The fourth-order valence-electron chi connectivity index (χ4n) is 7.52. The molecule has 8 rings (SSSR count). The van der Waals surface area contributed by atoms with Crippen molar-refractivity contribution >= 4 is 33.2 Å². The zero-order valence-corrected chi connectivity index (χ0v) is 30.5. The normalized spacial score (nSPS) is 16.5. The maximum Gasteiger partial charge on any atom is 0.354 e. The van der Waals surface area contributed by atoms with Crippen molar-refractivity contribution < 1.29 is 27.9 Å². The number of nitrogens with one attached hydrogen (secondary N) is 2. The summed E-state index contributed by atoms with van der Waals surface area (Å²) in [4.78, 5) is 29.6. The lowest BCUT2D eigenvalue weighted by molar-refractivity contribution is 0.0524. The van der Waals surface area contributed by atoms with Gasteiger partial charge in [0.05, 0.1) is 60.1 Å². The van der Waals surface area contributed by atoms with Gasteiger partial charge in [0.25, 0.3) is 5.89 Å². The zero-order chi connectivity index (χ0) is 36.5. The van der Waals surface area contributed by atoms with E-state index in [1.165, 1.54) is 41.7 Å². The molecule has 2 N–H and O–H groups in total. The van der Waals surface area contributed by atoms with Crippen molar-refractivity contribution in [2.24, 2.45) is 0 Å². The van der Waals surface area contributed by atoms with Gasteiger partial charge < -0.3 is 29.4 Å². The smallest absolute Gasteiger partial charge is 0.354 e. The molecule has 0 saturated carbocycles. The van der Waals surface area contributed by atoms with Gasteiger partial charge in [-0.05, 0) is 110 Å². The van der Waals surface area contributed by atoms with Crippen LogP contribution in [0.5, 0.6) is 11.8 Å². The number of halogens is 1. The van der Waals surface area contributed by atoms with Gasteiger partial charge in [-0.25, -0.2) is 14.2 Å². The van der Waals surface area contributed by atoms with Gasteiger partial charge in [0.15, 0.2) is 0 Å². The molecule has 2 aliphatic rings. The number of aryl methyl sites for hydroxylation is 2. The Bertz CT molecular complexity index is 2280. The largest absolute Gasteiger partial charge is 0.496 e. The van der Waals surface area contributed by atoms with Gasteiger partial charge in [0.2, 0.25) is 0 Å². The predicted octanol–water partition coefficient (Wildman–Crippen LogP) is 8.05. The van der Waals surface area contributed by atoms with E-state index in [1.54, 1.807) is 32.4 Å². The molecular formula is C40H39FN6O5S. The van der Waals surface area contributed by atoms with Crippen LogP contribution in [0.1, 0.15) is 76.7 Å². The molecule has 4 aromatic heterocycles. The van der Waals surface area contributed by atoms with Crippen molar-refractivity contribution in [1.29, 1.82) is 0 Å². The van der Waals surface area contributed by atoms with Crippen molar-refractivity contribution in [1.82, 2.24) is 25.4 Å². The summed E-state index contributed by atoms with van der Waals surface area (Å²) in [5.74, 6) is 1.03. The van der Waals surface area contributed by atoms with E-state index < -0.39 is 5.97 Å². The Labute approximate surface area is 309 Å². The van der Waals surface area contributed by atoms with Gasteiger partial charge in [-0.3, -0.25) is 4.98 Å². The van der Waals surface area contributed by atoms with Crippen molar-refractivity contribution in [3.8, 4) is 33.7 Å². The average molecular weight is 735 g/mol. The van der Waals surface area contributed by atoms with E-state index in [0.717, 1.165) is 64.3 Å². The minimum absolute atomic E-state index is 0.0511. The first-order valence-electron chi connectivity index (χ1n) is 17.9. The third-order valence-electron chi connectivity index (χ3n) is 9.98. The highest BCUT2D eigenvalue weighted by Gasteiger charge is 2.35. The van der Waals surface area contributed by atoms with Gasteiger partial charge in [0.1, 0.15) is 17.4 Å². The number of hydrogen-bond acceptors (Lipinski definition) is 12. The van der Waals surface area contributed by atoms with Crippen LogP contribution in [0.2, 0.25) is 0 Å². The van der Waals surface area contributed by atoms with Crippen molar-refractivity contribution in [2.45, 2.75) is 57.5 Å². The molecule has 1 aliphatic carbocycles. The SMILES string of the molecule is CCOC(=O)c1c([C@@H]2CCCN2)nc(CCc2ccc(F)cc2)c(-c2nc(OC)no2)c1-c1cc2ccnc(NC3CCc4c(OC)cccc43)c2s1. The number of rotatable bonds is 12. The third-order valence-corrected chi connectivity index (χ3v) is 11.2. The number of benzene rings is 2. The van der Waals surface area contributed by atoms with Crippen molar-refractivity contribution in [3.05, 3.63) is 100 Å². The molecule has 2 atom stereocenters. The Balaban J connectivity index is 1.32. The fraction of sp³-hybridized carbons (Fsp3) is 0.325. The van der Waals surface area contributed by atoms with Crippen LogP contribution in [-0.4, -0.2) is 53.4 Å². The number of methoxy groups -OCH3 is 2. The number of aromatic nitrogens is 4. The van der Waals surface area contributed by atoms with Crippen LogP contribution in [0, 0.1) is 5.82 Å². The Hall–Kier alpha value is -5.40. The number of esters is 1. The topological polar surface area (TPSA) is 134 Å². The molecule has 0 amide bonds. The first-order valence-corrected chi connectivity index (χ1v) is 18.7. The minimum Gasteiger partial charge on any atom is -0.496 e. The van der Waals surface area contributed by atoms with Crippen LogP contribution in [0.4, 0.5) is 10.2 Å². The Morgan fingerprint density at radius 3 is 2.68 bits per heavy atom. The van der Waals surface area contributed by atoms with E-state index in [2.05, 4.69) is 32.9 Å². The molecule has 0 spiro atoms. The number of pyridine rings is 2. The number of hydrogen-bond donors (Lipinski definition) is 2. The van der Waals surface area contributed by atoms with E-state index in [9.17, 15) is 9.18 Å². The number of anilines is 1. The van der Waals surface area contributed by atoms with Crippen LogP contribution in [0.15, 0.2) is 65.3 Å². The number of nitrogens with zero attached hydrogens (tertiary/aromatic N) is 4. The molecule has 6 aromatic rings. The Morgan fingerprint density at radius 1 is 1.06 bits per heavy atom. The summed E-state index contributed by atoms with van der Waals surface area (Å²) in [7, 11) is 3.17. The Morgan fingerprint density at radius 2 is 1.92 bits per heavy atom. The Kier molecular flexibility index (Phi) is 9.76. The number of thiophene rings is 1. The maximum absolute atomic E-state index is 14.2. The summed E-state index contributed by atoms with van der Waals surface area (Å²) in [5.41, 5.74) is 6.12. The monoisotopic (exact) mass is 734 g/mol. The van der Waals surface area contributed by atoms with E-state index in [-0.39, 0.29) is 36.4 Å². The first-order chi connectivity index (χ1) is 25.9. The molecule has 0 radical (unpaired) electrons.